The molecule has 0 saturated heterocycles. The predicted octanol–water partition coefficient (Wildman–Crippen LogP) is 7.30. The molecule has 0 aliphatic rings. The SMILES string of the molecule is CC[C@@H](C)c1nc2ccc(Br)cc2c(=O)n1N=Cc1cc(Cl)cc(Br)c1OCC(=O)Nc1ccc(C)cc1. The number of aromatic nitrogens is 2. The predicted molar refractivity (Wildman–Crippen MR) is 160 cm³/mol. The summed E-state index contributed by atoms with van der Waals surface area (Å²) in [6.07, 6.45) is 2.26. The van der Waals surface area contributed by atoms with E-state index in [1.54, 1.807) is 18.2 Å². The van der Waals surface area contributed by atoms with Crippen LogP contribution < -0.4 is 15.6 Å². The highest BCUT2D eigenvalue weighted by molar-refractivity contribution is 9.10. The van der Waals surface area contributed by atoms with Crippen molar-refractivity contribution in [2.75, 3.05) is 11.9 Å². The van der Waals surface area contributed by atoms with Crippen molar-refractivity contribution in [2.45, 2.75) is 33.1 Å². The summed E-state index contributed by atoms with van der Waals surface area (Å²) < 4.78 is 8.50. The van der Waals surface area contributed by atoms with Gasteiger partial charge >= 0.3 is 0 Å². The van der Waals surface area contributed by atoms with E-state index in [-0.39, 0.29) is 24.0 Å². The van der Waals surface area contributed by atoms with Crippen LogP contribution in [0.25, 0.3) is 10.9 Å². The number of fused-ring (bicyclic) bond motifs is 1. The van der Waals surface area contributed by atoms with Gasteiger partial charge in [-0.3, -0.25) is 9.59 Å². The number of carbonyl (C=O) groups is 1. The molecule has 1 aromatic heterocycles. The van der Waals surface area contributed by atoms with Crippen molar-refractivity contribution in [3.05, 3.63) is 95.9 Å². The molecule has 4 aromatic rings. The average Bonchev–Trinajstić information content (AvgIpc) is 2.88. The number of nitrogens with zero attached hydrogens (tertiary/aromatic N) is 3. The lowest BCUT2D eigenvalue weighted by Crippen LogP contribution is -2.24. The van der Waals surface area contributed by atoms with Crippen molar-refractivity contribution < 1.29 is 9.53 Å². The lowest BCUT2D eigenvalue weighted by atomic mass is 10.1. The zero-order valence-electron chi connectivity index (χ0n) is 21.0. The van der Waals surface area contributed by atoms with Gasteiger partial charge in [0.05, 0.1) is 21.6 Å². The summed E-state index contributed by atoms with van der Waals surface area (Å²) in [4.78, 5) is 30.7. The van der Waals surface area contributed by atoms with Crippen molar-refractivity contribution in [1.82, 2.24) is 9.66 Å². The smallest absolute Gasteiger partial charge is 0.282 e. The molecule has 4 rings (SSSR count). The number of rotatable bonds is 8. The zero-order chi connectivity index (χ0) is 27.4. The number of carbonyl (C=O) groups excluding carboxylic acids is 1. The third-order valence-electron chi connectivity index (χ3n) is 5.92. The Hall–Kier alpha value is -3.01. The normalized spacial score (nSPS) is 12.2. The van der Waals surface area contributed by atoms with Gasteiger partial charge in [-0.2, -0.15) is 9.78 Å². The summed E-state index contributed by atoms with van der Waals surface area (Å²) >= 11 is 13.2. The van der Waals surface area contributed by atoms with Gasteiger partial charge in [-0.05, 0) is 71.7 Å². The van der Waals surface area contributed by atoms with E-state index in [1.165, 1.54) is 10.9 Å². The van der Waals surface area contributed by atoms with Crippen molar-refractivity contribution in [3.63, 3.8) is 0 Å². The second-order valence-electron chi connectivity index (χ2n) is 8.81. The van der Waals surface area contributed by atoms with Gasteiger partial charge in [0, 0.05) is 26.7 Å². The fourth-order valence-electron chi connectivity index (χ4n) is 3.70. The Morgan fingerprint density at radius 2 is 1.92 bits per heavy atom. The van der Waals surface area contributed by atoms with E-state index in [9.17, 15) is 9.59 Å². The average molecular weight is 661 g/mol. The Bertz CT molecular complexity index is 1590. The minimum Gasteiger partial charge on any atom is -0.482 e. The molecular weight excluding hydrogens is 636 g/mol. The van der Waals surface area contributed by atoms with E-state index in [2.05, 4.69) is 42.3 Å². The Kier molecular flexibility index (Phi) is 9.02. The van der Waals surface area contributed by atoms with Crippen LogP contribution in [0.2, 0.25) is 5.02 Å². The van der Waals surface area contributed by atoms with E-state index >= 15 is 0 Å². The lowest BCUT2D eigenvalue weighted by molar-refractivity contribution is -0.118. The molecule has 0 aliphatic heterocycles. The van der Waals surface area contributed by atoms with Crippen LogP contribution in [0.5, 0.6) is 5.75 Å². The molecule has 0 bridgehead atoms. The van der Waals surface area contributed by atoms with E-state index in [0.29, 0.717) is 43.2 Å². The second kappa shape index (κ2) is 12.2. The monoisotopic (exact) mass is 658 g/mol. The number of aryl methyl sites for hydroxylation is 1. The van der Waals surface area contributed by atoms with E-state index in [0.717, 1.165) is 16.5 Å². The summed E-state index contributed by atoms with van der Waals surface area (Å²) in [5.41, 5.74) is 2.58. The third kappa shape index (κ3) is 6.51. The van der Waals surface area contributed by atoms with Crippen LogP contribution in [0.4, 0.5) is 5.69 Å². The quantitative estimate of drug-likeness (QED) is 0.201. The van der Waals surface area contributed by atoms with Gasteiger partial charge in [0.2, 0.25) is 0 Å². The Balaban J connectivity index is 1.67. The molecular formula is C28H25Br2ClN4O3. The molecule has 196 valence electrons. The number of nitrogens with one attached hydrogen (secondary N) is 1. The molecule has 0 fully saturated rings. The Morgan fingerprint density at radius 1 is 1.18 bits per heavy atom. The summed E-state index contributed by atoms with van der Waals surface area (Å²) in [6.45, 7) is 5.76. The van der Waals surface area contributed by atoms with Gasteiger partial charge in [0.1, 0.15) is 11.6 Å². The largest absolute Gasteiger partial charge is 0.482 e. The molecule has 0 spiro atoms. The first-order chi connectivity index (χ1) is 18.2. The maximum absolute atomic E-state index is 13.4. The van der Waals surface area contributed by atoms with Crippen LogP contribution >= 0.6 is 43.5 Å². The number of amides is 1. The first-order valence-corrected chi connectivity index (χ1v) is 13.9. The molecule has 3 aromatic carbocycles. The topological polar surface area (TPSA) is 85.6 Å². The number of anilines is 1. The number of benzene rings is 3. The molecule has 0 saturated carbocycles. The van der Waals surface area contributed by atoms with Crippen LogP contribution in [-0.4, -0.2) is 28.4 Å². The minimum absolute atomic E-state index is 0.0137. The minimum atomic E-state index is -0.321. The second-order valence-corrected chi connectivity index (χ2v) is 11.0. The summed E-state index contributed by atoms with van der Waals surface area (Å²) in [5.74, 6) is 0.579. The van der Waals surface area contributed by atoms with E-state index in [1.807, 2.05) is 57.2 Å². The summed E-state index contributed by atoms with van der Waals surface area (Å²) in [5, 5.41) is 8.20. The molecule has 1 N–H and O–H groups in total. The zero-order valence-corrected chi connectivity index (χ0v) is 24.9. The van der Waals surface area contributed by atoms with Gasteiger partial charge in [-0.25, -0.2) is 4.98 Å². The molecule has 0 unspecified atom stereocenters. The molecule has 1 amide bonds. The van der Waals surface area contributed by atoms with Gasteiger partial charge in [-0.15, -0.1) is 0 Å². The van der Waals surface area contributed by atoms with Crippen LogP contribution in [0.1, 0.15) is 43.1 Å². The Morgan fingerprint density at radius 3 is 2.63 bits per heavy atom. The molecule has 10 heteroatoms. The van der Waals surface area contributed by atoms with Gasteiger partial charge < -0.3 is 10.1 Å². The molecule has 38 heavy (non-hydrogen) atoms. The lowest BCUT2D eigenvalue weighted by Gasteiger charge is -2.15. The molecule has 7 nitrogen and oxygen atoms in total. The highest BCUT2D eigenvalue weighted by Gasteiger charge is 2.17. The van der Waals surface area contributed by atoms with E-state index in [4.69, 9.17) is 21.3 Å². The molecule has 1 atom stereocenters. The molecule has 0 aliphatic carbocycles. The highest BCUT2D eigenvalue weighted by Crippen LogP contribution is 2.32. The summed E-state index contributed by atoms with van der Waals surface area (Å²) in [6, 6.07) is 16.2. The maximum Gasteiger partial charge on any atom is 0.282 e. The van der Waals surface area contributed by atoms with Crippen LogP contribution in [0.15, 0.2) is 73.4 Å². The maximum atomic E-state index is 13.4. The standard InChI is InChI=1S/C28H25Br2ClN4O3/c1-4-17(3)27-34-24-10-7-19(29)12-22(24)28(37)35(27)32-14-18-11-20(31)13-23(30)26(18)38-15-25(36)33-21-8-5-16(2)6-9-21/h5-14,17H,4,15H2,1-3H3,(H,33,36)/t17-/m1/s1. The fraction of sp³-hybridized carbons (Fsp3) is 0.214. The number of hydrogen-bond donors (Lipinski definition) is 1. The fourth-order valence-corrected chi connectivity index (χ4v) is 5.01. The van der Waals surface area contributed by atoms with Gasteiger partial charge in [-0.1, -0.05) is 59.1 Å². The van der Waals surface area contributed by atoms with Crippen molar-refractivity contribution in [3.8, 4) is 5.75 Å². The van der Waals surface area contributed by atoms with E-state index < -0.39 is 0 Å². The van der Waals surface area contributed by atoms with Crippen molar-refractivity contribution in [2.24, 2.45) is 5.10 Å². The number of ether oxygens (including phenoxy) is 1. The third-order valence-corrected chi connectivity index (χ3v) is 7.22. The summed E-state index contributed by atoms with van der Waals surface area (Å²) in [7, 11) is 0. The van der Waals surface area contributed by atoms with Gasteiger partial charge in [0.15, 0.2) is 6.61 Å². The molecule has 1 heterocycles. The van der Waals surface area contributed by atoms with Crippen LogP contribution in [0, 0.1) is 6.92 Å². The van der Waals surface area contributed by atoms with Crippen molar-refractivity contribution >= 4 is 72.2 Å². The van der Waals surface area contributed by atoms with Crippen LogP contribution in [0.3, 0.4) is 0 Å². The number of hydrogen-bond acceptors (Lipinski definition) is 5. The first kappa shape index (κ1) is 28.0. The first-order valence-electron chi connectivity index (χ1n) is 11.9. The van der Waals surface area contributed by atoms with Crippen molar-refractivity contribution in [1.29, 1.82) is 0 Å². The van der Waals surface area contributed by atoms with Gasteiger partial charge in [0.25, 0.3) is 11.5 Å². The molecule has 0 radical (unpaired) electrons. The van der Waals surface area contributed by atoms with Crippen LogP contribution in [-0.2, 0) is 4.79 Å². The Labute approximate surface area is 242 Å². The highest BCUT2D eigenvalue weighted by atomic mass is 79.9. The number of halogens is 3.